The maximum Gasteiger partial charge on any atom is 0.241 e. The van der Waals surface area contributed by atoms with Crippen molar-refractivity contribution >= 4 is 21.4 Å². The van der Waals surface area contributed by atoms with E-state index in [-0.39, 0.29) is 6.04 Å². The summed E-state index contributed by atoms with van der Waals surface area (Å²) in [6, 6.07) is 1.88. The van der Waals surface area contributed by atoms with Gasteiger partial charge in [-0.15, -0.1) is 11.3 Å². The molecule has 120 valence electrons. The van der Waals surface area contributed by atoms with Gasteiger partial charge in [-0.1, -0.05) is 26.7 Å². The highest BCUT2D eigenvalue weighted by Gasteiger charge is 2.23. The Bertz CT molecular complexity index is 540. The van der Waals surface area contributed by atoms with Crippen LogP contribution in [-0.4, -0.2) is 21.0 Å². The van der Waals surface area contributed by atoms with Crippen molar-refractivity contribution in [1.29, 1.82) is 0 Å². The van der Waals surface area contributed by atoms with Gasteiger partial charge in [-0.25, -0.2) is 13.1 Å². The van der Waals surface area contributed by atoms with Crippen molar-refractivity contribution in [3.05, 3.63) is 16.3 Å². The normalized spacial score (nSPS) is 23.9. The third-order valence-corrected chi connectivity index (χ3v) is 6.65. The van der Waals surface area contributed by atoms with Gasteiger partial charge in [0.1, 0.15) is 0 Å². The second-order valence-corrected chi connectivity index (χ2v) is 8.67. The van der Waals surface area contributed by atoms with E-state index in [2.05, 4.69) is 17.0 Å². The van der Waals surface area contributed by atoms with Gasteiger partial charge in [-0.2, -0.15) is 0 Å². The van der Waals surface area contributed by atoms with E-state index in [0.717, 1.165) is 43.6 Å². The van der Waals surface area contributed by atoms with Gasteiger partial charge in [0.15, 0.2) is 0 Å². The zero-order valence-electron chi connectivity index (χ0n) is 12.9. The van der Waals surface area contributed by atoms with E-state index in [1.165, 1.54) is 17.8 Å². The fourth-order valence-corrected chi connectivity index (χ4v) is 5.28. The molecule has 0 saturated heterocycles. The monoisotopic (exact) mass is 330 g/mol. The number of sulfonamides is 1. The summed E-state index contributed by atoms with van der Waals surface area (Å²) in [5, 5.41) is 4.96. The number of hydrogen-bond donors (Lipinski definition) is 2. The molecule has 1 aliphatic rings. The number of hydrogen-bond acceptors (Lipinski definition) is 4. The van der Waals surface area contributed by atoms with Gasteiger partial charge in [-0.05, 0) is 37.8 Å². The first-order valence-corrected chi connectivity index (χ1v) is 10.2. The SMILES string of the molecule is CCNCc1cc(S(=O)(=O)NC2CCCC(C)CC2)cs1. The molecule has 1 aliphatic carbocycles. The summed E-state index contributed by atoms with van der Waals surface area (Å²) in [6.07, 6.45) is 5.35. The Labute approximate surface area is 132 Å². The van der Waals surface area contributed by atoms with Crippen molar-refractivity contribution in [3.63, 3.8) is 0 Å². The molecular weight excluding hydrogens is 304 g/mol. The lowest BCUT2D eigenvalue weighted by Crippen LogP contribution is -2.34. The van der Waals surface area contributed by atoms with Crippen LogP contribution in [0.2, 0.25) is 0 Å². The lowest BCUT2D eigenvalue weighted by Gasteiger charge is -2.15. The van der Waals surface area contributed by atoms with Crippen LogP contribution in [0.5, 0.6) is 0 Å². The van der Waals surface area contributed by atoms with E-state index in [4.69, 9.17) is 0 Å². The molecule has 2 N–H and O–H groups in total. The molecule has 0 radical (unpaired) electrons. The molecule has 0 aromatic carbocycles. The minimum atomic E-state index is -3.37. The van der Waals surface area contributed by atoms with Crippen molar-refractivity contribution in [1.82, 2.24) is 10.0 Å². The summed E-state index contributed by atoms with van der Waals surface area (Å²) in [7, 11) is -3.37. The van der Waals surface area contributed by atoms with E-state index >= 15 is 0 Å². The lowest BCUT2D eigenvalue weighted by atomic mass is 10.0. The van der Waals surface area contributed by atoms with E-state index < -0.39 is 10.0 Å². The maximum atomic E-state index is 12.5. The Balaban J connectivity index is 1.99. The highest BCUT2D eigenvalue weighted by atomic mass is 32.2. The number of nitrogens with one attached hydrogen (secondary N) is 2. The van der Waals surface area contributed by atoms with Crippen molar-refractivity contribution in [2.75, 3.05) is 6.54 Å². The fourth-order valence-electron chi connectivity index (χ4n) is 2.73. The first-order chi connectivity index (χ1) is 10.0. The van der Waals surface area contributed by atoms with Gasteiger partial charge < -0.3 is 5.32 Å². The first-order valence-electron chi connectivity index (χ1n) is 7.81. The zero-order chi connectivity index (χ0) is 15.3. The fraction of sp³-hybridized carbons (Fsp3) is 0.733. The molecule has 1 aromatic heterocycles. The number of thiophene rings is 1. The minimum absolute atomic E-state index is 0.0945. The van der Waals surface area contributed by atoms with Crippen LogP contribution in [0.1, 0.15) is 50.8 Å². The number of rotatable bonds is 6. The Morgan fingerprint density at radius 2 is 2.10 bits per heavy atom. The molecule has 6 heteroatoms. The highest BCUT2D eigenvalue weighted by Crippen LogP contribution is 2.25. The Kier molecular flexibility index (Phi) is 6.22. The van der Waals surface area contributed by atoms with E-state index in [1.807, 2.05) is 6.92 Å². The minimum Gasteiger partial charge on any atom is -0.312 e. The quantitative estimate of drug-likeness (QED) is 0.788. The predicted molar refractivity (Wildman–Crippen MR) is 88.1 cm³/mol. The van der Waals surface area contributed by atoms with Crippen molar-refractivity contribution < 1.29 is 8.42 Å². The third-order valence-electron chi connectivity index (χ3n) is 4.07. The van der Waals surface area contributed by atoms with E-state index in [0.29, 0.717) is 10.8 Å². The zero-order valence-corrected chi connectivity index (χ0v) is 14.5. The maximum absolute atomic E-state index is 12.5. The smallest absolute Gasteiger partial charge is 0.241 e. The summed E-state index contributed by atoms with van der Waals surface area (Å²) < 4.78 is 27.8. The Morgan fingerprint density at radius 3 is 2.86 bits per heavy atom. The molecule has 1 saturated carbocycles. The molecule has 1 aromatic rings. The molecule has 0 aliphatic heterocycles. The summed E-state index contributed by atoms with van der Waals surface area (Å²) >= 11 is 1.50. The first kappa shape index (κ1) is 16.9. The molecule has 1 heterocycles. The van der Waals surface area contributed by atoms with E-state index in [9.17, 15) is 8.42 Å². The van der Waals surface area contributed by atoms with Gasteiger partial charge in [0.25, 0.3) is 0 Å². The standard InChI is InChI=1S/C15H26N2O2S2/c1-3-16-10-14-9-15(11-20-14)21(18,19)17-13-6-4-5-12(2)7-8-13/h9,11-13,16-17H,3-8,10H2,1-2H3. The summed E-state index contributed by atoms with van der Waals surface area (Å²) in [5.74, 6) is 0.715. The Morgan fingerprint density at radius 1 is 1.29 bits per heavy atom. The van der Waals surface area contributed by atoms with Gasteiger partial charge in [-0.3, -0.25) is 0 Å². The van der Waals surface area contributed by atoms with Crippen molar-refractivity contribution in [3.8, 4) is 0 Å². The molecule has 2 atom stereocenters. The molecule has 21 heavy (non-hydrogen) atoms. The van der Waals surface area contributed by atoms with Crippen LogP contribution in [-0.2, 0) is 16.6 Å². The van der Waals surface area contributed by atoms with Crippen LogP contribution >= 0.6 is 11.3 Å². The molecule has 0 spiro atoms. The molecule has 4 nitrogen and oxygen atoms in total. The van der Waals surface area contributed by atoms with Crippen LogP contribution in [0.4, 0.5) is 0 Å². The second kappa shape index (κ2) is 7.72. The lowest BCUT2D eigenvalue weighted by molar-refractivity contribution is 0.484. The van der Waals surface area contributed by atoms with Crippen molar-refractivity contribution in [2.45, 2.75) is 63.4 Å². The van der Waals surface area contributed by atoms with Crippen LogP contribution in [0.15, 0.2) is 16.3 Å². The van der Waals surface area contributed by atoms with E-state index in [1.54, 1.807) is 11.4 Å². The molecule has 2 rings (SSSR count). The van der Waals surface area contributed by atoms with Crippen LogP contribution in [0.25, 0.3) is 0 Å². The third kappa shape index (κ3) is 5.06. The van der Waals surface area contributed by atoms with Gasteiger partial charge in [0.2, 0.25) is 10.0 Å². The molecule has 2 unspecified atom stereocenters. The predicted octanol–water partition coefficient (Wildman–Crippen LogP) is 3.10. The highest BCUT2D eigenvalue weighted by molar-refractivity contribution is 7.89. The van der Waals surface area contributed by atoms with Gasteiger partial charge in [0.05, 0.1) is 4.90 Å². The van der Waals surface area contributed by atoms with Crippen LogP contribution < -0.4 is 10.0 Å². The van der Waals surface area contributed by atoms with Gasteiger partial charge >= 0.3 is 0 Å². The largest absolute Gasteiger partial charge is 0.312 e. The summed E-state index contributed by atoms with van der Waals surface area (Å²) in [4.78, 5) is 1.48. The second-order valence-electron chi connectivity index (χ2n) is 5.96. The molecule has 1 fully saturated rings. The average Bonchev–Trinajstić information content (AvgIpc) is 2.83. The van der Waals surface area contributed by atoms with Crippen molar-refractivity contribution in [2.24, 2.45) is 5.92 Å². The van der Waals surface area contributed by atoms with Crippen LogP contribution in [0, 0.1) is 5.92 Å². The Hall–Kier alpha value is -0.430. The summed E-state index contributed by atoms with van der Waals surface area (Å²) in [6.45, 7) is 5.92. The topological polar surface area (TPSA) is 58.2 Å². The molecule has 0 amide bonds. The average molecular weight is 331 g/mol. The molecule has 0 bridgehead atoms. The van der Waals surface area contributed by atoms with Gasteiger partial charge in [0, 0.05) is 22.8 Å². The molecular formula is C15H26N2O2S2. The summed E-state index contributed by atoms with van der Waals surface area (Å²) in [5.41, 5.74) is 0. The van der Waals surface area contributed by atoms with Crippen LogP contribution in [0.3, 0.4) is 0 Å².